The standard InChI is InChI=1S/C17H15F4N3O3/c1-9-5-12(7-15(23-9)24-10(2)25)16(26)22-8-11-3-4-13(18)14(6-11)27-17(19,20)21/h3-7H,8H2,1-2H3,(H,22,26)(H,23,24,25). The van der Waals surface area contributed by atoms with Crippen LogP contribution in [-0.2, 0) is 11.3 Å². The number of ether oxygens (including phenoxy) is 1. The number of benzene rings is 1. The summed E-state index contributed by atoms with van der Waals surface area (Å²) in [7, 11) is 0. The minimum absolute atomic E-state index is 0.163. The molecule has 0 atom stereocenters. The molecule has 0 aliphatic heterocycles. The van der Waals surface area contributed by atoms with Gasteiger partial charge in [0.05, 0.1) is 0 Å². The molecule has 0 fully saturated rings. The van der Waals surface area contributed by atoms with Gasteiger partial charge in [0, 0.05) is 24.7 Å². The quantitative estimate of drug-likeness (QED) is 0.774. The van der Waals surface area contributed by atoms with Gasteiger partial charge in [-0.15, -0.1) is 13.2 Å². The Morgan fingerprint density at radius 2 is 1.89 bits per heavy atom. The van der Waals surface area contributed by atoms with Gasteiger partial charge in [-0.3, -0.25) is 9.59 Å². The van der Waals surface area contributed by atoms with E-state index in [2.05, 4.69) is 20.4 Å². The van der Waals surface area contributed by atoms with Crippen molar-refractivity contribution in [2.45, 2.75) is 26.8 Å². The molecule has 1 heterocycles. The summed E-state index contributed by atoms with van der Waals surface area (Å²) in [6, 6.07) is 5.72. The Morgan fingerprint density at radius 3 is 2.52 bits per heavy atom. The van der Waals surface area contributed by atoms with Crippen LogP contribution in [0.25, 0.3) is 0 Å². The molecule has 2 N–H and O–H groups in total. The number of alkyl halides is 3. The van der Waals surface area contributed by atoms with Crippen molar-refractivity contribution >= 4 is 17.6 Å². The van der Waals surface area contributed by atoms with Crippen LogP contribution in [0.4, 0.5) is 23.4 Å². The normalized spacial score (nSPS) is 11.0. The van der Waals surface area contributed by atoms with Gasteiger partial charge in [0.1, 0.15) is 5.82 Å². The smallest absolute Gasteiger partial charge is 0.403 e. The topological polar surface area (TPSA) is 80.3 Å². The van der Waals surface area contributed by atoms with Crippen LogP contribution in [0, 0.1) is 12.7 Å². The van der Waals surface area contributed by atoms with Crippen molar-refractivity contribution in [3.63, 3.8) is 0 Å². The summed E-state index contributed by atoms with van der Waals surface area (Å²) >= 11 is 0. The number of halogens is 4. The number of anilines is 1. The van der Waals surface area contributed by atoms with E-state index in [1.165, 1.54) is 25.1 Å². The van der Waals surface area contributed by atoms with Crippen LogP contribution in [0.1, 0.15) is 28.5 Å². The van der Waals surface area contributed by atoms with E-state index in [1.54, 1.807) is 6.92 Å². The molecule has 0 saturated carbocycles. The Hall–Kier alpha value is -3.17. The first kappa shape index (κ1) is 20.1. The molecule has 0 unspecified atom stereocenters. The summed E-state index contributed by atoms with van der Waals surface area (Å²) in [5.41, 5.74) is 0.881. The minimum Gasteiger partial charge on any atom is -0.403 e. The summed E-state index contributed by atoms with van der Waals surface area (Å²) in [6.07, 6.45) is -5.03. The fraction of sp³-hybridized carbons (Fsp3) is 0.235. The van der Waals surface area contributed by atoms with Gasteiger partial charge < -0.3 is 15.4 Å². The van der Waals surface area contributed by atoms with Crippen molar-refractivity contribution in [1.82, 2.24) is 10.3 Å². The van der Waals surface area contributed by atoms with Gasteiger partial charge in [-0.2, -0.15) is 0 Å². The van der Waals surface area contributed by atoms with Gasteiger partial charge in [0.15, 0.2) is 11.6 Å². The molecule has 2 amide bonds. The maximum atomic E-state index is 13.4. The molecule has 0 radical (unpaired) electrons. The number of nitrogens with one attached hydrogen (secondary N) is 2. The molecule has 1 aromatic carbocycles. The van der Waals surface area contributed by atoms with Crippen molar-refractivity contribution in [1.29, 1.82) is 0 Å². The first-order valence-electron chi connectivity index (χ1n) is 7.62. The molecule has 144 valence electrons. The number of pyridine rings is 1. The first-order chi connectivity index (χ1) is 12.5. The van der Waals surface area contributed by atoms with Crippen molar-refractivity contribution in [3.05, 3.63) is 53.0 Å². The zero-order valence-corrected chi connectivity index (χ0v) is 14.3. The highest BCUT2D eigenvalue weighted by atomic mass is 19.4. The number of aryl methyl sites for hydroxylation is 1. The van der Waals surface area contributed by atoms with E-state index in [0.29, 0.717) is 5.69 Å². The molecular weight excluding hydrogens is 370 g/mol. The zero-order valence-electron chi connectivity index (χ0n) is 14.3. The Bertz CT molecular complexity index is 869. The average Bonchev–Trinajstić information content (AvgIpc) is 2.52. The van der Waals surface area contributed by atoms with E-state index in [1.807, 2.05) is 0 Å². The fourth-order valence-electron chi connectivity index (χ4n) is 2.19. The highest BCUT2D eigenvalue weighted by Crippen LogP contribution is 2.26. The Morgan fingerprint density at radius 1 is 1.19 bits per heavy atom. The van der Waals surface area contributed by atoms with E-state index in [9.17, 15) is 27.2 Å². The van der Waals surface area contributed by atoms with Crippen LogP contribution in [-0.4, -0.2) is 23.2 Å². The highest BCUT2D eigenvalue weighted by Gasteiger charge is 2.32. The van der Waals surface area contributed by atoms with E-state index < -0.39 is 23.8 Å². The van der Waals surface area contributed by atoms with Crippen molar-refractivity contribution < 1.29 is 31.9 Å². The summed E-state index contributed by atoms with van der Waals surface area (Å²) < 4.78 is 53.8. The molecule has 6 nitrogen and oxygen atoms in total. The van der Waals surface area contributed by atoms with E-state index in [4.69, 9.17) is 0 Å². The monoisotopic (exact) mass is 385 g/mol. The van der Waals surface area contributed by atoms with Crippen LogP contribution < -0.4 is 15.4 Å². The summed E-state index contributed by atoms with van der Waals surface area (Å²) in [6.45, 7) is 2.76. The first-order valence-corrected chi connectivity index (χ1v) is 7.62. The van der Waals surface area contributed by atoms with E-state index in [-0.39, 0.29) is 29.4 Å². The number of nitrogens with zero attached hydrogens (tertiary/aromatic N) is 1. The third kappa shape index (κ3) is 6.24. The summed E-state index contributed by atoms with van der Waals surface area (Å²) in [5, 5.41) is 4.95. The largest absolute Gasteiger partial charge is 0.573 e. The van der Waals surface area contributed by atoms with Gasteiger partial charge in [-0.1, -0.05) is 6.07 Å². The molecule has 27 heavy (non-hydrogen) atoms. The number of aromatic nitrogens is 1. The molecule has 2 rings (SSSR count). The van der Waals surface area contributed by atoms with Crippen LogP contribution in [0.2, 0.25) is 0 Å². The van der Waals surface area contributed by atoms with Gasteiger partial charge in [-0.05, 0) is 36.8 Å². The predicted octanol–water partition coefficient (Wildman–Crippen LogP) is 3.32. The number of carbonyl (C=O) groups is 2. The van der Waals surface area contributed by atoms with E-state index >= 15 is 0 Å². The maximum Gasteiger partial charge on any atom is 0.573 e. The fourth-order valence-corrected chi connectivity index (χ4v) is 2.19. The lowest BCUT2D eigenvalue weighted by molar-refractivity contribution is -0.275. The van der Waals surface area contributed by atoms with Crippen LogP contribution in [0.15, 0.2) is 30.3 Å². The maximum absolute atomic E-state index is 13.4. The molecule has 10 heteroatoms. The Labute approximate surface area is 151 Å². The molecule has 0 aliphatic carbocycles. The molecule has 0 aliphatic rings. The molecule has 2 aromatic rings. The number of amides is 2. The van der Waals surface area contributed by atoms with Crippen molar-refractivity contribution in [2.24, 2.45) is 0 Å². The van der Waals surface area contributed by atoms with Crippen LogP contribution in [0.5, 0.6) is 5.75 Å². The van der Waals surface area contributed by atoms with Gasteiger partial charge in [0.25, 0.3) is 5.91 Å². The highest BCUT2D eigenvalue weighted by molar-refractivity contribution is 5.96. The Kier molecular flexibility index (Phi) is 5.98. The van der Waals surface area contributed by atoms with Gasteiger partial charge in [0.2, 0.25) is 5.91 Å². The molecule has 0 saturated heterocycles. The second kappa shape index (κ2) is 8.02. The molecule has 0 spiro atoms. The van der Waals surface area contributed by atoms with Gasteiger partial charge >= 0.3 is 6.36 Å². The number of rotatable bonds is 5. The summed E-state index contributed by atoms with van der Waals surface area (Å²) in [4.78, 5) is 27.4. The number of carbonyl (C=O) groups excluding carboxylic acids is 2. The second-order valence-corrected chi connectivity index (χ2v) is 5.56. The van der Waals surface area contributed by atoms with Crippen molar-refractivity contribution in [2.75, 3.05) is 5.32 Å². The third-order valence-electron chi connectivity index (χ3n) is 3.19. The number of hydrogen-bond acceptors (Lipinski definition) is 4. The van der Waals surface area contributed by atoms with Gasteiger partial charge in [-0.25, -0.2) is 9.37 Å². The zero-order chi connectivity index (χ0) is 20.2. The van der Waals surface area contributed by atoms with E-state index in [0.717, 1.165) is 12.1 Å². The number of hydrogen-bond donors (Lipinski definition) is 2. The lowest BCUT2D eigenvalue weighted by Gasteiger charge is -2.12. The SMILES string of the molecule is CC(=O)Nc1cc(C(=O)NCc2ccc(F)c(OC(F)(F)F)c2)cc(C)n1. The molecule has 0 bridgehead atoms. The lowest BCUT2D eigenvalue weighted by atomic mass is 10.1. The van der Waals surface area contributed by atoms with Crippen LogP contribution in [0.3, 0.4) is 0 Å². The molecule has 1 aromatic heterocycles. The average molecular weight is 385 g/mol. The molecular formula is C17H15F4N3O3. The van der Waals surface area contributed by atoms with Crippen LogP contribution >= 0.6 is 0 Å². The second-order valence-electron chi connectivity index (χ2n) is 5.56. The third-order valence-corrected chi connectivity index (χ3v) is 3.19. The minimum atomic E-state index is -5.03. The summed E-state index contributed by atoms with van der Waals surface area (Å²) in [5.74, 6) is -2.87. The predicted molar refractivity (Wildman–Crippen MR) is 87.5 cm³/mol. The van der Waals surface area contributed by atoms with Crippen molar-refractivity contribution in [3.8, 4) is 5.75 Å². The lowest BCUT2D eigenvalue weighted by Crippen LogP contribution is -2.24. The Balaban J connectivity index is 2.10.